The highest BCUT2D eigenvalue weighted by molar-refractivity contribution is 7.89. The van der Waals surface area contributed by atoms with E-state index in [0.29, 0.717) is 18.7 Å². The number of likely N-dealkylation sites (N-methyl/N-ethyl adjacent to an activating group) is 1. The van der Waals surface area contributed by atoms with Gasteiger partial charge in [-0.3, -0.25) is 0 Å². The maximum Gasteiger partial charge on any atom is 0.244 e. The molecule has 0 amide bonds. The van der Waals surface area contributed by atoms with Gasteiger partial charge >= 0.3 is 0 Å². The molecule has 1 saturated heterocycles. The van der Waals surface area contributed by atoms with Crippen LogP contribution in [0.4, 0.5) is 0 Å². The van der Waals surface area contributed by atoms with Crippen LogP contribution in [-0.4, -0.2) is 57.4 Å². The molecule has 6 heteroatoms. The monoisotopic (exact) mass is 307 g/mol. The molecule has 1 heterocycles. The Morgan fingerprint density at radius 1 is 1.19 bits per heavy atom. The predicted octanol–water partition coefficient (Wildman–Crippen LogP) is 0.323. The Bertz CT molecular complexity index is 646. The van der Waals surface area contributed by atoms with Crippen molar-refractivity contribution in [2.24, 2.45) is 5.73 Å². The molecular formula is C15H21N3O2S. The van der Waals surface area contributed by atoms with Crippen LogP contribution in [-0.2, 0) is 10.0 Å². The molecule has 0 atom stereocenters. The highest BCUT2D eigenvalue weighted by Crippen LogP contribution is 2.20. The fourth-order valence-corrected chi connectivity index (χ4v) is 3.96. The van der Waals surface area contributed by atoms with Crippen molar-refractivity contribution in [3.63, 3.8) is 0 Å². The molecule has 114 valence electrons. The average Bonchev–Trinajstić information content (AvgIpc) is 2.70. The maximum atomic E-state index is 12.8. The third kappa shape index (κ3) is 3.83. The van der Waals surface area contributed by atoms with Gasteiger partial charge in [-0.15, -0.1) is 0 Å². The van der Waals surface area contributed by atoms with Crippen LogP contribution in [0.1, 0.15) is 12.0 Å². The second-order valence-corrected chi connectivity index (χ2v) is 6.97. The number of rotatable bonds is 2. The highest BCUT2D eigenvalue weighted by Gasteiger charge is 2.27. The van der Waals surface area contributed by atoms with Crippen LogP contribution in [0.3, 0.4) is 0 Å². The first-order chi connectivity index (χ1) is 10.1. The quantitative estimate of drug-likeness (QED) is 0.799. The summed E-state index contributed by atoms with van der Waals surface area (Å²) < 4.78 is 27.2. The SMILES string of the molecule is CN1CCCN(S(=O)(=O)c2ccccc2C#CCN)CC1. The van der Waals surface area contributed by atoms with Crippen molar-refractivity contribution in [1.29, 1.82) is 0 Å². The van der Waals surface area contributed by atoms with Gasteiger partial charge in [0.2, 0.25) is 10.0 Å². The summed E-state index contributed by atoms with van der Waals surface area (Å²) in [6, 6.07) is 6.85. The van der Waals surface area contributed by atoms with Gasteiger partial charge in [0.15, 0.2) is 0 Å². The number of benzene rings is 1. The first-order valence-corrected chi connectivity index (χ1v) is 8.46. The molecule has 1 aliphatic rings. The van der Waals surface area contributed by atoms with Crippen LogP contribution in [0.5, 0.6) is 0 Å². The second-order valence-electron chi connectivity index (χ2n) is 5.06. The molecule has 0 saturated carbocycles. The zero-order chi connectivity index (χ0) is 15.3. The summed E-state index contributed by atoms with van der Waals surface area (Å²) in [5.41, 5.74) is 5.89. The van der Waals surface area contributed by atoms with Gasteiger partial charge in [0.05, 0.1) is 11.4 Å². The molecule has 2 N–H and O–H groups in total. The van der Waals surface area contributed by atoms with Crippen molar-refractivity contribution in [1.82, 2.24) is 9.21 Å². The number of sulfonamides is 1. The van der Waals surface area contributed by atoms with Gasteiger partial charge in [-0.1, -0.05) is 24.0 Å². The molecule has 0 unspecified atom stereocenters. The van der Waals surface area contributed by atoms with Crippen LogP contribution in [0, 0.1) is 11.8 Å². The molecule has 0 radical (unpaired) electrons. The molecule has 1 aromatic rings. The smallest absolute Gasteiger partial charge is 0.244 e. The lowest BCUT2D eigenvalue weighted by Crippen LogP contribution is -2.34. The van der Waals surface area contributed by atoms with Crippen molar-refractivity contribution in [2.75, 3.05) is 39.8 Å². The van der Waals surface area contributed by atoms with E-state index < -0.39 is 10.0 Å². The molecule has 5 nitrogen and oxygen atoms in total. The van der Waals surface area contributed by atoms with Gasteiger partial charge in [0.25, 0.3) is 0 Å². The molecule has 0 bridgehead atoms. The van der Waals surface area contributed by atoms with E-state index in [1.807, 2.05) is 7.05 Å². The minimum atomic E-state index is -3.51. The summed E-state index contributed by atoms with van der Waals surface area (Å²) in [7, 11) is -1.50. The zero-order valence-electron chi connectivity index (χ0n) is 12.2. The molecule has 2 rings (SSSR count). The van der Waals surface area contributed by atoms with Gasteiger partial charge in [0.1, 0.15) is 0 Å². The molecule has 0 aromatic heterocycles. The zero-order valence-corrected chi connectivity index (χ0v) is 13.1. The van der Waals surface area contributed by atoms with Crippen LogP contribution in [0.2, 0.25) is 0 Å². The van der Waals surface area contributed by atoms with Gasteiger partial charge in [-0.2, -0.15) is 4.31 Å². The Hall–Kier alpha value is -1.39. The van der Waals surface area contributed by atoms with E-state index in [9.17, 15) is 8.42 Å². The standard InChI is InChI=1S/C15H21N3O2S/c1-17-10-5-11-18(13-12-17)21(19,20)15-8-3-2-6-14(15)7-4-9-16/h2-3,6,8H,5,9-13,16H2,1H3. The van der Waals surface area contributed by atoms with Crippen LogP contribution >= 0.6 is 0 Å². The molecule has 1 fully saturated rings. The van der Waals surface area contributed by atoms with Crippen LogP contribution < -0.4 is 5.73 Å². The molecular weight excluding hydrogens is 286 g/mol. The first kappa shape index (κ1) is 16.0. The van der Waals surface area contributed by atoms with Crippen molar-refractivity contribution >= 4 is 10.0 Å². The summed E-state index contributed by atoms with van der Waals surface area (Å²) in [5.74, 6) is 5.58. The summed E-state index contributed by atoms with van der Waals surface area (Å²) >= 11 is 0. The van der Waals surface area contributed by atoms with E-state index in [1.54, 1.807) is 28.6 Å². The van der Waals surface area contributed by atoms with E-state index in [1.165, 1.54) is 0 Å². The third-order valence-corrected chi connectivity index (χ3v) is 5.47. The Morgan fingerprint density at radius 2 is 1.95 bits per heavy atom. The third-order valence-electron chi connectivity index (χ3n) is 3.51. The Balaban J connectivity index is 2.35. The minimum Gasteiger partial charge on any atom is -0.320 e. The summed E-state index contributed by atoms with van der Waals surface area (Å²) in [4.78, 5) is 2.42. The topological polar surface area (TPSA) is 66.6 Å². The number of nitrogens with zero attached hydrogens (tertiary/aromatic N) is 2. The highest BCUT2D eigenvalue weighted by atomic mass is 32.2. The van der Waals surface area contributed by atoms with Gasteiger partial charge < -0.3 is 10.6 Å². The predicted molar refractivity (Wildman–Crippen MR) is 83.2 cm³/mol. The number of hydrogen-bond acceptors (Lipinski definition) is 4. The lowest BCUT2D eigenvalue weighted by molar-refractivity contribution is 0.347. The van der Waals surface area contributed by atoms with Gasteiger partial charge in [-0.25, -0.2) is 8.42 Å². The fraction of sp³-hybridized carbons (Fsp3) is 0.467. The van der Waals surface area contributed by atoms with Crippen molar-refractivity contribution in [3.8, 4) is 11.8 Å². The first-order valence-electron chi connectivity index (χ1n) is 7.02. The average molecular weight is 307 g/mol. The second kappa shape index (κ2) is 7.05. The molecule has 0 spiro atoms. The van der Waals surface area contributed by atoms with E-state index in [0.717, 1.165) is 19.5 Å². The Morgan fingerprint density at radius 3 is 2.71 bits per heavy atom. The van der Waals surface area contributed by atoms with Gasteiger partial charge in [0, 0.05) is 25.2 Å². The van der Waals surface area contributed by atoms with E-state index in [-0.39, 0.29) is 11.4 Å². The van der Waals surface area contributed by atoms with Crippen LogP contribution in [0.15, 0.2) is 29.2 Å². The fourth-order valence-electron chi connectivity index (χ4n) is 2.34. The molecule has 21 heavy (non-hydrogen) atoms. The van der Waals surface area contributed by atoms with Gasteiger partial charge in [-0.05, 0) is 32.1 Å². The van der Waals surface area contributed by atoms with Crippen molar-refractivity contribution in [2.45, 2.75) is 11.3 Å². The van der Waals surface area contributed by atoms with E-state index in [2.05, 4.69) is 16.7 Å². The van der Waals surface area contributed by atoms with Crippen LogP contribution in [0.25, 0.3) is 0 Å². The Labute approximate surface area is 126 Å². The van der Waals surface area contributed by atoms with Crippen molar-refractivity contribution in [3.05, 3.63) is 29.8 Å². The number of hydrogen-bond donors (Lipinski definition) is 1. The normalized spacial score (nSPS) is 17.8. The lowest BCUT2D eigenvalue weighted by Gasteiger charge is -2.20. The largest absolute Gasteiger partial charge is 0.320 e. The summed E-state index contributed by atoms with van der Waals surface area (Å²) in [6.07, 6.45) is 0.840. The Kier molecular flexibility index (Phi) is 5.37. The molecule has 0 aliphatic carbocycles. The summed E-state index contributed by atoms with van der Waals surface area (Å²) in [6.45, 7) is 2.93. The minimum absolute atomic E-state index is 0.211. The van der Waals surface area contributed by atoms with E-state index in [4.69, 9.17) is 5.73 Å². The molecule has 1 aliphatic heterocycles. The summed E-state index contributed by atoms with van der Waals surface area (Å²) in [5, 5.41) is 0. The van der Waals surface area contributed by atoms with E-state index >= 15 is 0 Å². The van der Waals surface area contributed by atoms with Crippen molar-refractivity contribution < 1.29 is 8.42 Å². The molecule has 1 aromatic carbocycles. The lowest BCUT2D eigenvalue weighted by atomic mass is 10.2. The maximum absolute atomic E-state index is 12.8. The number of nitrogens with two attached hydrogens (primary N) is 1.